The fourth-order valence-electron chi connectivity index (χ4n) is 2.74. The van der Waals surface area contributed by atoms with Gasteiger partial charge in [-0.2, -0.15) is 0 Å². The number of aromatic nitrogens is 1. The normalized spacial score (nSPS) is 20.9. The lowest BCUT2D eigenvalue weighted by atomic mass is 10.2. The molecule has 8 nitrogen and oxygen atoms in total. The summed E-state index contributed by atoms with van der Waals surface area (Å²) >= 11 is 0. The minimum absolute atomic E-state index is 0.230. The molecule has 1 aromatic heterocycles. The van der Waals surface area contributed by atoms with Crippen molar-refractivity contribution in [2.75, 3.05) is 51.8 Å². The maximum Gasteiger partial charge on any atom is 0.319 e. The van der Waals surface area contributed by atoms with E-state index in [0.29, 0.717) is 31.3 Å². The van der Waals surface area contributed by atoms with Gasteiger partial charge in [-0.3, -0.25) is 4.90 Å². The van der Waals surface area contributed by atoms with Crippen molar-refractivity contribution in [1.29, 1.82) is 0 Å². The molecule has 2 atom stereocenters. The first-order chi connectivity index (χ1) is 12.1. The smallest absolute Gasteiger partial charge is 0.319 e. The van der Waals surface area contributed by atoms with Gasteiger partial charge in [0, 0.05) is 39.4 Å². The molecule has 1 aliphatic rings. The molecule has 25 heavy (non-hydrogen) atoms. The molecule has 2 unspecified atom stereocenters. The van der Waals surface area contributed by atoms with Gasteiger partial charge in [-0.25, -0.2) is 9.78 Å². The van der Waals surface area contributed by atoms with Crippen molar-refractivity contribution in [3.63, 3.8) is 0 Å². The average Bonchev–Trinajstić information content (AvgIpc) is 2.56. The van der Waals surface area contributed by atoms with Crippen LogP contribution in [0.3, 0.4) is 0 Å². The molecule has 0 bridgehead atoms. The van der Waals surface area contributed by atoms with Crippen LogP contribution >= 0.6 is 0 Å². The van der Waals surface area contributed by atoms with Crippen LogP contribution in [-0.4, -0.2) is 74.6 Å². The van der Waals surface area contributed by atoms with E-state index in [2.05, 4.69) is 34.4 Å². The molecule has 0 aromatic carbocycles. The van der Waals surface area contributed by atoms with Crippen LogP contribution in [0.4, 0.5) is 10.5 Å². The van der Waals surface area contributed by atoms with E-state index < -0.39 is 0 Å². The van der Waals surface area contributed by atoms with Gasteiger partial charge in [0.15, 0.2) is 0 Å². The fourth-order valence-corrected chi connectivity index (χ4v) is 2.74. The molecule has 0 saturated carbocycles. The van der Waals surface area contributed by atoms with Crippen LogP contribution in [0.15, 0.2) is 18.3 Å². The summed E-state index contributed by atoms with van der Waals surface area (Å²) < 4.78 is 16.0. The van der Waals surface area contributed by atoms with E-state index in [1.165, 1.54) is 0 Å². The summed E-state index contributed by atoms with van der Waals surface area (Å²) in [7, 11) is 1.61. The van der Waals surface area contributed by atoms with Gasteiger partial charge in [-0.05, 0) is 19.9 Å². The number of anilines is 1. The molecule has 2 rings (SSSR count). The van der Waals surface area contributed by atoms with Gasteiger partial charge in [-0.15, -0.1) is 0 Å². The SMILES string of the molecule is COCCOc1ccc(NC(=O)NCCN2CC(C)OC(C)C2)cn1. The molecule has 0 spiro atoms. The summed E-state index contributed by atoms with van der Waals surface area (Å²) in [6, 6.07) is 3.21. The Balaban J connectivity index is 1.66. The van der Waals surface area contributed by atoms with Gasteiger partial charge in [0.2, 0.25) is 5.88 Å². The number of morpholine rings is 1. The molecule has 2 amide bonds. The van der Waals surface area contributed by atoms with E-state index in [4.69, 9.17) is 14.2 Å². The first-order valence-electron chi connectivity index (χ1n) is 8.57. The van der Waals surface area contributed by atoms with Crippen LogP contribution in [0.5, 0.6) is 5.88 Å². The van der Waals surface area contributed by atoms with Gasteiger partial charge in [0.25, 0.3) is 0 Å². The van der Waals surface area contributed by atoms with Crippen LogP contribution in [0.25, 0.3) is 0 Å². The third-order valence-electron chi connectivity index (χ3n) is 3.74. The van der Waals surface area contributed by atoms with Crippen molar-refractivity contribution in [3.8, 4) is 5.88 Å². The number of carbonyl (C=O) groups excluding carboxylic acids is 1. The molecular formula is C17H28N4O4. The number of rotatable bonds is 8. The average molecular weight is 352 g/mol. The number of nitrogens with one attached hydrogen (secondary N) is 2. The number of hydrogen-bond donors (Lipinski definition) is 2. The van der Waals surface area contributed by atoms with Crippen molar-refractivity contribution in [2.45, 2.75) is 26.1 Å². The molecule has 1 aromatic rings. The Bertz CT molecular complexity index is 516. The van der Waals surface area contributed by atoms with Crippen molar-refractivity contribution < 1.29 is 19.0 Å². The number of carbonyl (C=O) groups is 1. The summed E-state index contributed by atoms with van der Waals surface area (Å²) in [6.45, 7) is 8.24. The summed E-state index contributed by atoms with van der Waals surface area (Å²) in [5.74, 6) is 0.499. The quantitative estimate of drug-likeness (QED) is 0.687. The number of methoxy groups -OCH3 is 1. The zero-order valence-corrected chi connectivity index (χ0v) is 15.2. The highest BCUT2D eigenvalue weighted by Gasteiger charge is 2.21. The maximum absolute atomic E-state index is 11.9. The summed E-state index contributed by atoms with van der Waals surface area (Å²) in [5, 5.41) is 5.61. The lowest BCUT2D eigenvalue weighted by molar-refractivity contribution is -0.0672. The Kier molecular flexibility index (Phi) is 7.90. The standard InChI is InChI=1S/C17H28N4O4/c1-13-11-21(12-14(2)25-13)7-6-18-17(22)20-15-4-5-16(19-10-15)24-9-8-23-3/h4-5,10,13-14H,6-9,11-12H2,1-3H3,(H2,18,20,22). The number of nitrogens with zero attached hydrogens (tertiary/aromatic N) is 2. The summed E-state index contributed by atoms with van der Waals surface area (Å²) in [6.07, 6.45) is 2.02. The van der Waals surface area contributed by atoms with Gasteiger partial charge in [-0.1, -0.05) is 0 Å². The lowest BCUT2D eigenvalue weighted by Gasteiger charge is -2.35. The molecule has 0 aliphatic carbocycles. The largest absolute Gasteiger partial charge is 0.475 e. The van der Waals surface area contributed by atoms with Gasteiger partial charge < -0.3 is 24.8 Å². The van der Waals surface area contributed by atoms with E-state index in [1.807, 2.05) is 0 Å². The number of ether oxygens (including phenoxy) is 3. The van der Waals surface area contributed by atoms with Gasteiger partial charge in [0.1, 0.15) is 6.61 Å². The van der Waals surface area contributed by atoms with E-state index in [0.717, 1.165) is 19.6 Å². The zero-order chi connectivity index (χ0) is 18.1. The molecule has 1 saturated heterocycles. The van der Waals surface area contributed by atoms with E-state index in [1.54, 1.807) is 25.4 Å². The highest BCUT2D eigenvalue weighted by molar-refractivity contribution is 5.88. The third-order valence-corrected chi connectivity index (χ3v) is 3.74. The lowest BCUT2D eigenvalue weighted by Crippen LogP contribution is -2.48. The Morgan fingerprint density at radius 1 is 1.32 bits per heavy atom. The monoisotopic (exact) mass is 352 g/mol. The number of urea groups is 1. The highest BCUT2D eigenvalue weighted by atomic mass is 16.5. The zero-order valence-electron chi connectivity index (χ0n) is 15.2. The van der Waals surface area contributed by atoms with Crippen LogP contribution in [0.1, 0.15) is 13.8 Å². The molecule has 2 heterocycles. The highest BCUT2D eigenvalue weighted by Crippen LogP contribution is 2.12. The molecule has 2 N–H and O–H groups in total. The summed E-state index contributed by atoms with van der Waals surface area (Å²) in [4.78, 5) is 18.4. The van der Waals surface area contributed by atoms with E-state index in [9.17, 15) is 4.79 Å². The second-order valence-electron chi connectivity index (χ2n) is 6.12. The molecule has 140 valence electrons. The fraction of sp³-hybridized carbons (Fsp3) is 0.647. The maximum atomic E-state index is 11.9. The predicted molar refractivity (Wildman–Crippen MR) is 95.1 cm³/mol. The predicted octanol–water partition coefficient (Wildman–Crippen LogP) is 1.34. The van der Waals surface area contributed by atoms with Gasteiger partial charge >= 0.3 is 6.03 Å². The van der Waals surface area contributed by atoms with Crippen molar-refractivity contribution in [1.82, 2.24) is 15.2 Å². The first-order valence-corrected chi connectivity index (χ1v) is 8.57. The van der Waals surface area contributed by atoms with Gasteiger partial charge in [0.05, 0.1) is 30.7 Å². The van der Waals surface area contributed by atoms with Crippen LogP contribution in [-0.2, 0) is 9.47 Å². The second kappa shape index (κ2) is 10.2. The number of amides is 2. The molecule has 1 aliphatic heterocycles. The molecular weight excluding hydrogens is 324 g/mol. The molecule has 1 fully saturated rings. The number of hydrogen-bond acceptors (Lipinski definition) is 6. The van der Waals surface area contributed by atoms with Crippen molar-refractivity contribution in [3.05, 3.63) is 18.3 Å². The Morgan fingerprint density at radius 3 is 2.72 bits per heavy atom. The minimum Gasteiger partial charge on any atom is -0.475 e. The Labute approximate surface area is 148 Å². The van der Waals surface area contributed by atoms with E-state index in [-0.39, 0.29) is 18.2 Å². The second-order valence-corrected chi connectivity index (χ2v) is 6.12. The summed E-state index contributed by atoms with van der Waals surface area (Å²) in [5.41, 5.74) is 0.616. The van der Waals surface area contributed by atoms with Crippen LogP contribution in [0.2, 0.25) is 0 Å². The molecule has 0 radical (unpaired) electrons. The van der Waals surface area contributed by atoms with Crippen molar-refractivity contribution in [2.24, 2.45) is 0 Å². The van der Waals surface area contributed by atoms with Crippen LogP contribution < -0.4 is 15.4 Å². The third kappa shape index (κ3) is 7.25. The van der Waals surface area contributed by atoms with Crippen molar-refractivity contribution >= 4 is 11.7 Å². The Hall–Kier alpha value is -1.90. The Morgan fingerprint density at radius 2 is 2.08 bits per heavy atom. The van der Waals surface area contributed by atoms with E-state index >= 15 is 0 Å². The number of pyridine rings is 1. The molecule has 8 heteroatoms. The minimum atomic E-state index is -0.246. The first kappa shape index (κ1) is 19.4. The topological polar surface area (TPSA) is 85.0 Å². The van der Waals surface area contributed by atoms with Crippen LogP contribution in [0, 0.1) is 0 Å².